The van der Waals surface area contributed by atoms with Crippen LogP contribution in [0.5, 0.6) is 0 Å². The van der Waals surface area contributed by atoms with Crippen molar-refractivity contribution in [3.8, 4) is 11.1 Å². The Hall–Kier alpha value is -2.13. The van der Waals surface area contributed by atoms with Crippen molar-refractivity contribution in [3.05, 3.63) is 59.7 Å². The van der Waals surface area contributed by atoms with Gasteiger partial charge in [0.05, 0.1) is 6.61 Å². The molecule has 1 aliphatic rings. The first-order valence-corrected chi connectivity index (χ1v) is 8.31. The van der Waals surface area contributed by atoms with Crippen molar-refractivity contribution in [3.63, 3.8) is 0 Å². The molecule has 0 fully saturated rings. The fourth-order valence-electron chi connectivity index (χ4n) is 3.37. The molecular formula is C20H23NO2. The van der Waals surface area contributed by atoms with Gasteiger partial charge < -0.3 is 4.74 Å². The van der Waals surface area contributed by atoms with E-state index in [1.54, 1.807) is 0 Å². The quantitative estimate of drug-likeness (QED) is 0.799. The number of hydrogen-bond acceptors (Lipinski definition) is 3. The summed E-state index contributed by atoms with van der Waals surface area (Å²) in [4.78, 5) is 14.6. The molecule has 0 amide bonds. The molecule has 1 heterocycles. The van der Waals surface area contributed by atoms with Crippen LogP contribution in [-0.2, 0) is 22.6 Å². The minimum atomic E-state index is -0.200. The van der Waals surface area contributed by atoms with Crippen molar-refractivity contribution in [2.45, 2.75) is 39.4 Å². The average Bonchev–Trinajstić information content (AvgIpc) is 2.72. The summed E-state index contributed by atoms with van der Waals surface area (Å²) in [5.41, 5.74) is 5.06. The van der Waals surface area contributed by atoms with Gasteiger partial charge in [-0.05, 0) is 35.6 Å². The Morgan fingerprint density at radius 1 is 1.00 bits per heavy atom. The van der Waals surface area contributed by atoms with Gasteiger partial charge in [0.15, 0.2) is 0 Å². The molecule has 1 aliphatic heterocycles. The predicted molar refractivity (Wildman–Crippen MR) is 91.8 cm³/mol. The van der Waals surface area contributed by atoms with Crippen molar-refractivity contribution in [1.29, 1.82) is 0 Å². The van der Waals surface area contributed by atoms with Crippen LogP contribution in [0.1, 0.15) is 31.4 Å². The lowest BCUT2D eigenvalue weighted by atomic mass is 9.97. The lowest BCUT2D eigenvalue weighted by Crippen LogP contribution is -2.40. The van der Waals surface area contributed by atoms with Gasteiger partial charge in [-0.15, -0.1) is 0 Å². The monoisotopic (exact) mass is 309 g/mol. The van der Waals surface area contributed by atoms with Crippen LogP contribution in [0.2, 0.25) is 0 Å². The maximum absolute atomic E-state index is 12.3. The Bertz CT molecular complexity index is 648. The number of nitrogens with zero attached hydrogens (tertiary/aromatic N) is 1. The molecule has 0 N–H and O–H groups in total. The molecule has 3 rings (SSSR count). The molecule has 3 heteroatoms. The summed E-state index contributed by atoms with van der Waals surface area (Å²) in [6.07, 6.45) is 0.753. The molecule has 0 spiro atoms. The second kappa shape index (κ2) is 6.97. The van der Waals surface area contributed by atoms with E-state index in [0.717, 1.165) is 19.5 Å². The van der Waals surface area contributed by atoms with Crippen molar-refractivity contribution in [1.82, 2.24) is 4.90 Å². The summed E-state index contributed by atoms with van der Waals surface area (Å²) in [6, 6.07) is 16.7. The van der Waals surface area contributed by atoms with Gasteiger partial charge in [-0.3, -0.25) is 9.69 Å². The Labute approximate surface area is 137 Å². The van der Waals surface area contributed by atoms with Crippen LogP contribution in [0.3, 0.4) is 0 Å². The molecule has 0 aliphatic carbocycles. The summed E-state index contributed by atoms with van der Waals surface area (Å²) in [7, 11) is 0. The van der Waals surface area contributed by atoms with Gasteiger partial charge >= 0.3 is 5.97 Å². The van der Waals surface area contributed by atoms with Gasteiger partial charge in [-0.25, -0.2) is 0 Å². The topological polar surface area (TPSA) is 29.5 Å². The van der Waals surface area contributed by atoms with E-state index < -0.39 is 0 Å². The highest BCUT2D eigenvalue weighted by Gasteiger charge is 2.29. The van der Waals surface area contributed by atoms with E-state index in [4.69, 9.17) is 4.74 Å². The minimum Gasteiger partial charge on any atom is -0.465 e. The minimum absolute atomic E-state index is 0.119. The van der Waals surface area contributed by atoms with Crippen molar-refractivity contribution >= 4 is 5.97 Å². The van der Waals surface area contributed by atoms with Crippen LogP contribution in [-0.4, -0.2) is 23.5 Å². The number of ether oxygens (including phenoxy) is 1. The van der Waals surface area contributed by atoms with E-state index in [1.807, 2.05) is 13.8 Å². The first-order chi connectivity index (χ1) is 11.2. The smallest absolute Gasteiger partial charge is 0.323 e. The average molecular weight is 309 g/mol. The molecule has 1 atom stereocenters. The van der Waals surface area contributed by atoms with Gasteiger partial charge in [-0.2, -0.15) is 0 Å². The van der Waals surface area contributed by atoms with E-state index in [-0.39, 0.29) is 12.0 Å². The van der Waals surface area contributed by atoms with Gasteiger partial charge in [0.2, 0.25) is 0 Å². The fraction of sp³-hybridized carbons (Fsp3) is 0.350. The van der Waals surface area contributed by atoms with Crippen molar-refractivity contribution in [2.24, 2.45) is 0 Å². The van der Waals surface area contributed by atoms with Crippen LogP contribution in [0.4, 0.5) is 0 Å². The zero-order valence-corrected chi connectivity index (χ0v) is 13.8. The summed E-state index contributed by atoms with van der Waals surface area (Å²) >= 11 is 0. The molecular weight excluding hydrogens is 286 g/mol. The zero-order valence-electron chi connectivity index (χ0n) is 13.8. The summed E-state index contributed by atoms with van der Waals surface area (Å²) in [5, 5.41) is 0. The fourth-order valence-corrected chi connectivity index (χ4v) is 3.37. The molecule has 0 bridgehead atoms. The number of carbonyl (C=O) groups excluding carboxylic acids is 1. The van der Waals surface area contributed by atoms with Gasteiger partial charge in [0.1, 0.15) is 6.04 Å². The normalized spacial score (nSPS) is 15.2. The van der Waals surface area contributed by atoms with E-state index in [0.29, 0.717) is 6.61 Å². The summed E-state index contributed by atoms with van der Waals surface area (Å²) in [6.45, 7) is 5.86. The Balaban J connectivity index is 2.02. The van der Waals surface area contributed by atoms with E-state index in [2.05, 4.69) is 53.4 Å². The number of esters is 1. The van der Waals surface area contributed by atoms with Crippen LogP contribution in [0, 0.1) is 0 Å². The highest BCUT2D eigenvalue weighted by molar-refractivity contribution is 5.76. The Morgan fingerprint density at radius 2 is 1.52 bits per heavy atom. The second-order valence-corrected chi connectivity index (χ2v) is 5.90. The molecule has 0 aromatic heterocycles. The molecule has 1 unspecified atom stereocenters. The predicted octanol–water partition coefficient (Wildman–Crippen LogP) is 4.01. The molecule has 2 aromatic rings. The number of benzene rings is 2. The van der Waals surface area contributed by atoms with Crippen molar-refractivity contribution in [2.75, 3.05) is 6.61 Å². The second-order valence-electron chi connectivity index (χ2n) is 5.90. The standard InChI is InChI=1S/C20H23NO2/c1-3-19(20(22)23-4-2)21-13-15-9-5-7-11-17(15)18-12-8-6-10-16(18)14-21/h5-12,19H,3-4,13-14H2,1-2H3. The Kier molecular flexibility index (Phi) is 4.77. The SMILES string of the molecule is CCOC(=O)C(CC)N1Cc2ccccc2-c2ccccc2C1. The lowest BCUT2D eigenvalue weighted by Gasteiger charge is -2.28. The first-order valence-electron chi connectivity index (χ1n) is 8.31. The van der Waals surface area contributed by atoms with Gasteiger partial charge in [0, 0.05) is 13.1 Å². The third-order valence-electron chi connectivity index (χ3n) is 4.46. The van der Waals surface area contributed by atoms with E-state index >= 15 is 0 Å². The number of hydrogen-bond donors (Lipinski definition) is 0. The van der Waals surface area contributed by atoms with Gasteiger partial charge in [0.25, 0.3) is 0 Å². The molecule has 0 saturated heterocycles. The van der Waals surface area contributed by atoms with E-state index in [9.17, 15) is 4.79 Å². The lowest BCUT2D eigenvalue weighted by molar-refractivity contribution is -0.150. The van der Waals surface area contributed by atoms with Crippen LogP contribution >= 0.6 is 0 Å². The van der Waals surface area contributed by atoms with Gasteiger partial charge in [-0.1, -0.05) is 55.5 Å². The number of rotatable bonds is 4. The van der Waals surface area contributed by atoms with Crippen LogP contribution < -0.4 is 0 Å². The number of fused-ring (bicyclic) bond motifs is 3. The third-order valence-corrected chi connectivity index (χ3v) is 4.46. The molecule has 2 aromatic carbocycles. The largest absolute Gasteiger partial charge is 0.465 e. The summed E-state index contributed by atoms with van der Waals surface area (Å²) in [5.74, 6) is -0.119. The highest BCUT2D eigenvalue weighted by atomic mass is 16.5. The first kappa shape index (κ1) is 15.8. The van der Waals surface area contributed by atoms with E-state index in [1.165, 1.54) is 22.3 Å². The molecule has 3 nitrogen and oxygen atoms in total. The maximum atomic E-state index is 12.3. The molecule has 120 valence electrons. The Morgan fingerprint density at radius 3 is 2.00 bits per heavy atom. The molecule has 0 radical (unpaired) electrons. The molecule has 0 saturated carbocycles. The van der Waals surface area contributed by atoms with Crippen LogP contribution in [0.15, 0.2) is 48.5 Å². The molecule has 23 heavy (non-hydrogen) atoms. The third kappa shape index (κ3) is 3.15. The summed E-state index contributed by atoms with van der Waals surface area (Å²) < 4.78 is 5.28. The highest BCUT2D eigenvalue weighted by Crippen LogP contribution is 2.33. The number of carbonyl (C=O) groups is 1. The van der Waals surface area contributed by atoms with Crippen molar-refractivity contribution < 1.29 is 9.53 Å². The zero-order chi connectivity index (χ0) is 16.2. The maximum Gasteiger partial charge on any atom is 0.323 e. The van der Waals surface area contributed by atoms with Crippen LogP contribution in [0.25, 0.3) is 11.1 Å².